The number of carbonyl (C=O) groups excluding carboxylic acids is 1. The second-order valence-corrected chi connectivity index (χ2v) is 7.08. The van der Waals surface area contributed by atoms with Crippen molar-refractivity contribution in [2.45, 2.75) is 40.9 Å². The summed E-state index contributed by atoms with van der Waals surface area (Å²) in [6, 6.07) is 0. The standard InChI is InChI=1S/C10H12Cl3F2NO4/c11-10(12,13)5-20-7(19)16-8(6(17)18)1-3-9(14,15)4-2-8/h1-5H2,(H,16,19)(H,17,18). The number of alkyl halides is 5. The highest BCUT2D eigenvalue weighted by molar-refractivity contribution is 6.67. The minimum atomic E-state index is -2.93. The molecule has 116 valence electrons. The third kappa shape index (κ3) is 5.10. The molecule has 10 heteroatoms. The Hall–Kier alpha value is -0.530. The monoisotopic (exact) mass is 353 g/mol. The van der Waals surface area contributed by atoms with Gasteiger partial charge in [0.15, 0.2) is 0 Å². The van der Waals surface area contributed by atoms with Gasteiger partial charge < -0.3 is 15.2 Å². The van der Waals surface area contributed by atoms with Crippen molar-refractivity contribution in [1.29, 1.82) is 0 Å². The zero-order valence-electron chi connectivity index (χ0n) is 10.1. The molecule has 2 N–H and O–H groups in total. The molecule has 0 aliphatic heterocycles. The summed E-state index contributed by atoms with van der Waals surface area (Å²) >= 11 is 16.1. The summed E-state index contributed by atoms with van der Waals surface area (Å²) in [5, 5.41) is 11.2. The number of carboxylic acid groups (broad SMARTS) is 1. The number of nitrogens with one attached hydrogen (secondary N) is 1. The SMILES string of the molecule is O=C(NC1(C(=O)O)CCC(F)(F)CC1)OCC(Cl)(Cl)Cl. The Morgan fingerprint density at radius 3 is 2.10 bits per heavy atom. The van der Waals surface area contributed by atoms with E-state index in [9.17, 15) is 18.4 Å². The number of halogens is 5. The van der Waals surface area contributed by atoms with Gasteiger partial charge in [0.1, 0.15) is 12.1 Å². The minimum Gasteiger partial charge on any atom is -0.480 e. The minimum absolute atomic E-state index is 0.405. The first-order valence-electron chi connectivity index (χ1n) is 5.59. The van der Waals surface area contributed by atoms with Gasteiger partial charge in [-0.05, 0) is 12.8 Å². The second kappa shape index (κ2) is 6.07. The number of hydrogen-bond donors (Lipinski definition) is 2. The highest BCUT2D eigenvalue weighted by Crippen LogP contribution is 2.38. The lowest BCUT2D eigenvalue weighted by atomic mass is 9.80. The van der Waals surface area contributed by atoms with Crippen LogP contribution in [0.25, 0.3) is 0 Å². The number of aliphatic carboxylic acids is 1. The van der Waals surface area contributed by atoms with Gasteiger partial charge in [0.05, 0.1) is 0 Å². The van der Waals surface area contributed by atoms with Crippen LogP contribution < -0.4 is 5.32 Å². The summed E-state index contributed by atoms with van der Waals surface area (Å²) in [5.74, 6) is -4.33. The predicted octanol–water partition coefficient (Wildman–Crippen LogP) is 3.12. The van der Waals surface area contributed by atoms with Crippen LogP contribution in [-0.2, 0) is 9.53 Å². The van der Waals surface area contributed by atoms with Crippen LogP contribution in [0, 0.1) is 0 Å². The van der Waals surface area contributed by atoms with E-state index in [0.717, 1.165) is 0 Å². The summed E-state index contributed by atoms with van der Waals surface area (Å²) in [4.78, 5) is 22.7. The lowest BCUT2D eigenvalue weighted by Gasteiger charge is -2.36. The third-order valence-electron chi connectivity index (χ3n) is 2.95. The smallest absolute Gasteiger partial charge is 0.408 e. The quantitative estimate of drug-likeness (QED) is 0.764. The first-order valence-corrected chi connectivity index (χ1v) is 6.72. The molecule has 1 aliphatic carbocycles. The van der Waals surface area contributed by atoms with Gasteiger partial charge in [0.25, 0.3) is 0 Å². The van der Waals surface area contributed by atoms with Crippen LogP contribution >= 0.6 is 34.8 Å². The summed E-state index contributed by atoms with van der Waals surface area (Å²) < 4.78 is 28.8. The molecule has 1 saturated carbocycles. The molecule has 0 unspecified atom stereocenters. The maximum atomic E-state index is 13.1. The van der Waals surface area contributed by atoms with Crippen LogP contribution in [0.5, 0.6) is 0 Å². The number of alkyl carbamates (subject to hydrolysis) is 1. The number of rotatable bonds is 3. The van der Waals surface area contributed by atoms with E-state index < -0.39 is 59.6 Å². The number of amides is 1. The topological polar surface area (TPSA) is 75.6 Å². The Bertz CT molecular complexity index is 390. The second-order valence-electron chi connectivity index (χ2n) is 4.56. The van der Waals surface area contributed by atoms with E-state index in [1.54, 1.807) is 0 Å². The van der Waals surface area contributed by atoms with Gasteiger partial charge in [-0.25, -0.2) is 18.4 Å². The maximum Gasteiger partial charge on any atom is 0.408 e. The van der Waals surface area contributed by atoms with Gasteiger partial charge >= 0.3 is 12.1 Å². The third-order valence-corrected chi connectivity index (χ3v) is 3.28. The van der Waals surface area contributed by atoms with Gasteiger partial charge in [0.2, 0.25) is 9.72 Å². The highest BCUT2D eigenvalue weighted by Gasteiger charge is 2.49. The summed E-state index contributed by atoms with van der Waals surface area (Å²) in [5.41, 5.74) is -1.79. The fourth-order valence-corrected chi connectivity index (χ4v) is 1.98. The fraction of sp³-hybridized carbons (Fsp3) is 0.800. The number of carbonyl (C=O) groups is 2. The number of ether oxygens (including phenoxy) is 1. The van der Waals surface area contributed by atoms with Crippen LogP contribution in [0.15, 0.2) is 0 Å². The number of hydrogen-bond acceptors (Lipinski definition) is 3. The first-order chi connectivity index (χ1) is 8.96. The van der Waals surface area contributed by atoms with E-state index in [1.165, 1.54) is 0 Å². The molecule has 20 heavy (non-hydrogen) atoms. The zero-order chi connectivity index (χ0) is 15.6. The molecule has 1 fully saturated rings. The lowest BCUT2D eigenvalue weighted by molar-refractivity contribution is -0.150. The maximum absolute atomic E-state index is 13.1. The van der Waals surface area contributed by atoms with Gasteiger partial charge in [0, 0.05) is 12.8 Å². The number of carboxylic acids is 1. The van der Waals surface area contributed by atoms with E-state index in [4.69, 9.17) is 39.9 Å². The van der Waals surface area contributed by atoms with Gasteiger partial charge in [-0.1, -0.05) is 34.8 Å². The Morgan fingerprint density at radius 2 is 1.70 bits per heavy atom. The van der Waals surface area contributed by atoms with Crippen molar-refractivity contribution in [1.82, 2.24) is 5.32 Å². The molecule has 0 saturated heterocycles. The van der Waals surface area contributed by atoms with Crippen molar-refractivity contribution in [2.75, 3.05) is 6.61 Å². The molecule has 1 aliphatic rings. The van der Waals surface area contributed by atoms with Gasteiger partial charge in [-0.15, -0.1) is 0 Å². The fourth-order valence-electron chi connectivity index (χ4n) is 1.81. The van der Waals surface area contributed by atoms with Crippen molar-refractivity contribution in [3.05, 3.63) is 0 Å². The predicted molar refractivity (Wildman–Crippen MR) is 68.6 cm³/mol. The van der Waals surface area contributed by atoms with Crippen molar-refractivity contribution in [3.63, 3.8) is 0 Å². The molecular weight excluding hydrogens is 342 g/mol. The molecule has 0 aromatic rings. The molecule has 0 aromatic heterocycles. The molecule has 0 bridgehead atoms. The van der Waals surface area contributed by atoms with E-state index in [2.05, 4.69) is 10.1 Å². The Labute approximate surface area is 128 Å². The van der Waals surface area contributed by atoms with Crippen LogP contribution in [0.2, 0.25) is 0 Å². The average molecular weight is 355 g/mol. The molecule has 0 atom stereocenters. The molecule has 1 rings (SSSR count). The van der Waals surface area contributed by atoms with Crippen LogP contribution in [-0.4, -0.2) is 39.0 Å². The van der Waals surface area contributed by atoms with Gasteiger partial charge in [-0.2, -0.15) is 0 Å². The van der Waals surface area contributed by atoms with Crippen molar-refractivity contribution in [3.8, 4) is 0 Å². The Morgan fingerprint density at radius 1 is 1.20 bits per heavy atom. The van der Waals surface area contributed by atoms with Gasteiger partial charge in [-0.3, -0.25) is 0 Å². The summed E-state index contributed by atoms with van der Waals surface area (Å²) in [6.07, 6.45) is -3.21. The first kappa shape index (κ1) is 17.5. The zero-order valence-corrected chi connectivity index (χ0v) is 12.4. The molecule has 5 nitrogen and oxygen atoms in total. The molecule has 1 amide bonds. The van der Waals surface area contributed by atoms with Crippen molar-refractivity contribution < 1.29 is 28.2 Å². The summed E-state index contributed by atoms with van der Waals surface area (Å²) in [6.45, 7) is -0.588. The highest BCUT2D eigenvalue weighted by atomic mass is 35.6. The summed E-state index contributed by atoms with van der Waals surface area (Å²) in [7, 11) is 0. The normalized spacial score (nSPS) is 21.1. The molecule has 0 radical (unpaired) electrons. The van der Waals surface area contributed by atoms with Crippen molar-refractivity contribution in [2.24, 2.45) is 0 Å². The van der Waals surface area contributed by atoms with E-state index in [0.29, 0.717) is 0 Å². The molecule has 0 spiro atoms. The average Bonchev–Trinajstić information content (AvgIpc) is 2.28. The molecule has 0 aromatic carbocycles. The van der Waals surface area contributed by atoms with Crippen LogP contribution in [0.4, 0.5) is 13.6 Å². The molecule has 0 heterocycles. The Kier molecular flexibility index (Phi) is 5.32. The van der Waals surface area contributed by atoms with E-state index in [1.807, 2.05) is 0 Å². The largest absolute Gasteiger partial charge is 0.480 e. The van der Waals surface area contributed by atoms with Crippen molar-refractivity contribution >= 4 is 46.9 Å². The molecular formula is C10H12Cl3F2NO4. The van der Waals surface area contributed by atoms with Crippen LogP contribution in [0.3, 0.4) is 0 Å². The van der Waals surface area contributed by atoms with E-state index >= 15 is 0 Å². The van der Waals surface area contributed by atoms with Crippen LogP contribution in [0.1, 0.15) is 25.7 Å². The lowest BCUT2D eigenvalue weighted by Crippen LogP contribution is -2.57. The van der Waals surface area contributed by atoms with E-state index in [-0.39, 0.29) is 0 Å². The Balaban J connectivity index is 2.65.